The van der Waals surface area contributed by atoms with E-state index in [1.54, 1.807) is 14.2 Å². The maximum atomic E-state index is 13.1. The fourth-order valence-corrected chi connectivity index (χ4v) is 7.88. The molecule has 230 valence electrons. The van der Waals surface area contributed by atoms with Gasteiger partial charge in [-0.25, -0.2) is 0 Å². The van der Waals surface area contributed by atoms with E-state index in [9.17, 15) is 9.59 Å². The van der Waals surface area contributed by atoms with Gasteiger partial charge in [0.25, 0.3) is 11.8 Å². The lowest BCUT2D eigenvalue weighted by Crippen LogP contribution is -2.63. The van der Waals surface area contributed by atoms with Crippen LogP contribution in [0.5, 0.6) is 0 Å². The van der Waals surface area contributed by atoms with Gasteiger partial charge >= 0.3 is 0 Å². The van der Waals surface area contributed by atoms with Crippen molar-refractivity contribution in [2.45, 2.75) is 115 Å². The molecule has 0 aromatic heterocycles. The van der Waals surface area contributed by atoms with Crippen LogP contribution in [-0.4, -0.2) is 70.4 Å². The number of hydroxylamine groups is 4. The second-order valence-electron chi connectivity index (χ2n) is 14.5. The molecule has 0 spiro atoms. The molecule has 2 aliphatic rings. The van der Waals surface area contributed by atoms with Gasteiger partial charge in [0, 0.05) is 45.4 Å². The summed E-state index contributed by atoms with van der Waals surface area (Å²) in [5.41, 5.74) is 2.45. The maximum absolute atomic E-state index is 13.1. The number of benzene rings is 2. The molecule has 8 nitrogen and oxygen atoms in total. The molecule has 4 rings (SSSR count). The van der Waals surface area contributed by atoms with E-state index in [0.717, 1.165) is 36.8 Å². The summed E-state index contributed by atoms with van der Waals surface area (Å²) in [6.07, 6.45) is 3.21. The first-order chi connectivity index (χ1) is 19.5. The summed E-state index contributed by atoms with van der Waals surface area (Å²) in [5, 5.41) is 10.6. The predicted molar refractivity (Wildman–Crippen MR) is 167 cm³/mol. The number of rotatable bonds is 7. The molecule has 0 saturated carbocycles. The third-order valence-corrected chi connectivity index (χ3v) is 8.85. The lowest BCUT2D eigenvalue weighted by molar-refractivity contribution is -0.267. The molecule has 0 unspecified atom stereocenters. The molecule has 2 N–H and O–H groups in total. The summed E-state index contributed by atoms with van der Waals surface area (Å²) in [6.45, 7) is 17.2. The van der Waals surface area contributed by atoms with E-state index < -0.39 is 0 Å². The molecule has 0 atom stereocenters. The van der Waals surface area contributed by atoms with Crippen molar-refractivity contribution in [1.29, 1.82) is 0 Å². The Morgan fingerprint density at radius 1 is 0.571 bits per heavy atom. The monoisotopic (exact) mass is 578 g/mol. The molecule has 2 saturated heterocycles. The maximum Gasteiger partial charge on any atom is 0.251 e. The molecular weight excluding hydrogens is 528 g/mol. The van der Waals surface area contributed by atoms with Crippen LogP contribution in [0.4, 0.5) is 0 Å². The average Bonchev–Trinajstić information content (AvgIpc) is 2.86. The fourth-order valence-electron chi connectivity index (χ4n) is 7.88. The molecule has 2 fully saturated rings. The van der Waals surface area contributed by atoms with E-state index in [2.05, 4.69) is 66.0 Å². The molecule has 0 aliphatic carbocycles. The highest BCUT2D eigenvalue weighted by molar-refractivity contribution is 5.96. The van der Waals surface area contributed by atoms with E-state index >= 15 is 0 Å². The number of hydrogen-bond acceptors (Lipinski definition) is 6. The van der Waals surface area contributed by atoms with Gasteiger partial charge in [-0.05, 0) is 116 Å². The third-order valence-electron chi connectivity index (χ3n) is 8.85. The first-order valence-corrected chi connectivity index (χ1v) is 15.0. The van der Waals surface area contributed by atoms with Crippen molar-refractivity contribution >= 4 is 11.8 Å². The number of piperidine rings is 2. The normalized spacial score (nSPS) is 22.4. The van der Waals surface area contributed by atoms with E-state index in [0.29, 0.717) is 11.1 Å². The highest BCUT2D eigenvalue weighted by Gasteiger charge is 2.47. The first kappa shape index (κ1) is 32.1. The van der Waals surface area contributed by atoms with Crippen molar-refractivity contribution in [3.8, 4) is 11.1 Å². The Morgan fingerprint density at radius 2 is 0.833 bits per heavy atom. The standard InChI is InChI=1S/C34H50N4O4/c1-31(2)19-27(20-32(3,4)37(31)41-9)35-29(39)25-15-11-23(12-16-25)24-13-17-26(18-14-24)30(40)36-28-21-33(5,6)38(42-10)34(7,8)22-28/h11-18,27-28H,19-22H2,1-10H3,(H,35,39)(H,36,40). The molecule has 2 aromatic carbocycles. The largest absolute Gasteiger partial charge is 0.349 e. The summed E-state index contributed by atoms with van der Waals surface area (Å²) >= 11 is 0. The Labute approximate surface area is 252 Å². The number of carbonyl (C=O) groups excluding carboxylic acids is 2. The van der Waals surface area contributed by atoms with Crippen LogP contribution in [0.15, 0.2) is 48.5 Å². The number of nitrogens with one attached hydrogen (secondary N) is 2. The number of hydrogen-bond donors (Lipinski definition) is 2. The van der Waals surface area contributed by atoms with E-state index in [-0.39, 0.29) is 46.1 Å². The SMILES string of the molecule is CON1C(C)(C)CC(NC(=O)c2ccc(-c3ccc(C(=O)NC4CC(C)(C)N(OC)C(C)(C)C4)cc3)cc2)CC1(C)C. The predicted octanol–water partition coefficient (Wildman–Crippen LogP) is 5.98. The molecular formula is C34H50N4O4. The highest BCUT2D eigenvalue weighted by Crippen LogP contribution is 2.39. The Morgan fingerprint density at radius 3 is 1.07 bits per heavy atom. The Hall–Kier alpha value is -2.78. The minimum atomic E-state index is -0.198. The molecule has 42 heavy (non-hydrogen) atoms. The van der Waals surface area contributed by atoms with E-state index in [4.69, 9.17) is 9.68 Å². The topological polar surface area (TPSA) is 83.1 Å². The summed E-state index contributed by atoms with van der Waals surface area (Å²) in [4.78, 5) is 37.6. The van der Waals surface area contributed by atoms with Gasteiger partial charge in [-0.2, -0.15) is 10.1 Å². The molecule has 0 bridgehead atoms. The van der Waals surface area contributed by atoms with Crippen LogP contribution in [0.2, 0.25) is 0 Å². The summed E-state index contributed by atoms with van der Waals surface area (Å²) < 4.78 is 0. The second kappa shape index (κ2) is 11.7. The minimum absolute atomic E-state index is 0.0527. The quantitative estimate of drug-likeness (QED) is 0.421. The van der Waals surface area contributed by atoms with Crippen LogP contribution in [0, 0.1) is 0 Å². The molecule has 8 heteroatoms. The van der Waals surface area contributed by atoms with Gasteiger partial charge < -0.3 is 20.3 Å². The van der Waals surface area contributed by atoms with Gasteiger partial charge in [-0.3, -0.25) is 9.59 Å². The lowest BCUT2D eigenvalue weighted by atomic mass is 9.79. The van der Waals surface area contributed by atoms with Crippen molar-refractivity contribution in [3.05, 3.63) is 59.7 Å². The molecule has 2 amide bonds. The van der Waals surface area contributed by atoms with Crippen LogP contribution in [-0.2, 0) is 9.68 Å². The highest BCUT2D eigenvalue weighted by atomic mass is 16.7. The zero-order valence-corrected chi connectivity index (χ0v) is 27.1. The van der Waals surface area contributed by atoms with Crippen molar-refractivity contribution in [2.75, 3.05) is 14.2 Å². The van der Waals surface area contributed by atoms with Crippen LogP contribution < -0.4 is 10.6 Å². The number of nitrogens with zero attached hydrogens (tertiary/aromatic N) is 2. The van der Waals surface area contributed by atoms with Crippen LogP contribution in [0.3, 0.4) is 0 Å². The van der Waals surface area contributed by atoms with Gasteiger partial charge in [-0.15, -0.1) is 0 Å². The minimum Gasteiger partial charge on any atom is -0.349 e. The molecule has 2 aliphatic heterocycles. The van der Waals surface area contributed by atoms with Crippen LogP contribution >= 0.6 is 0 Å². The van der Waals surface area contributed by atoms with Gasteiger partial charge in [0.05, 0.1) is 14.2 Å². The first-order valence-electron chi connectivity index (χ1n) is 15.0. The fraction of sp³-hybridized carbons (Fsp3) is 0.588. The average molecular weight is 579 g/mol. The van der Waals surface area contributed by atoms with Crippen LogP contribution in [0.25, 0.3) is 11.1 Å². The van der Waals surface area contributed by atoms with Gasteiger partial charge in [0.2, 0.25) is 0 Å². The van der Waals surface area contributed by atoms with Crippen LogP contribution in [0.1, 0.15) is 102 Å². The smallest absolute Gasteiger partial charge is 0.251 e. The lowest BCUT2D eigenvalue weighted by Gasteiger charge is -2.53. The van der Waals surface area contributed by atoms with E-state index in [1.165, 1.54) is 0 Å². The van der Waals surface area contributed by atoms with Crippen molar-refractivity contribution in [3.63, 3.8) is 0 Å². The number of amides is 2. The zero-order chi connectivity index (χ0) is 31.1. The second-order valence-corrected chi connectivity index (χ2v) is 14.5. The molecule has 2 aromatic rings. The Bertz CT molecular complexity index is 1130. The van der Waals surface area contributed by atoms with Gasteiger partial charge in [0.1, 0.15) is 0 Å². The van der Waals surface area contributed by atoms with Gasteiger partial charge in [0.15, 0.2) is 0 Å². The van der Waals surface area contributed by atoms with Crippen molar-refractivity contribution in [2.24, 2.45) is 0 Å². The molecule has 0 radical (unpaired) electrons. The molecule has 2 heterocycles. The zero-order valence-electron chi connectivity index (χ0n) is 27.1. The van der Waals surface area contributed by atoms with Crippen molar-refractivity contribution in [1.82, 2.24) is 20.8 Å². The summed E-state index contributed by atoms with van der Waals surface area (Å²) in [7, 11) is 3.42. The third kappa shape index (κ3) is 6.72. The van der Waals surface area contributed by atoms with E-state index in [1.807, 2.05) is 58.7 Å². The van der Waals surface area contributed by atoms with Gasteiger partial charge in [-0.1, -0.05) is 24.3 Å². The Balaban J connectivity index is 1.37. The number of carbonyl (C=O) groups is 2. The summed E-state index contributed by atoms with van der Waals surface area (Å²) in [6, 6.07) is 15.4. The Kier molecular flexibility index (Phi) is 8.97. The summed E-state index contributed by atoms with van der Waals surface area (Å²) in [5.74, 6) is -0.141. The van der Waals surface area contributed by atoms with Crippen molar-refractivity contribution < 1.29 is 19.3 Å².